The van der Waals surface area contributed by atoms with Crippen LogP contribution in [0.5, 0.6) is 0 Å². The smallest absolute Gasteiger partial charge is 0.315 e. The number of carbonyl (C=O) groups is 1. The van der Waals surface area contributed by atoms with Crippen LogP contribution in [0.25, 0.3) is 10.2 Å². The minimum atomic E-state index is -0.162. The van der Waals surface area contributed by atoms with Gasteiger partial charge in [0.15, 0.2) is 0 Å². The normalized spacial score (nSPS) is 12.3. The Bertz CT molecular complexity index is 567. The first-order chi connectivity index (χ1) is 10.7. The molecule has 2 aromatic rings. The van der Waals surface area contributed by atoms with Gasteiger partial charge in [0.25, 0.3) is 0 Å². The number of nitrogens with one attached hydrogen (secondary N) is 2. The Morgan fingerprint density at radius 1 is 1.41 bits per heavy atom. The zero-order valence-electron chi connectivity index (χ0n) is 12.8. The van der Waals surface area contributed by atoms with E-state index in [4.69, 9.17) is 5.11 Å². The van der Waals surface area contributed by atoms with E-state index in [1.165, 1.54) is 4.70 Å². The van der Waals surface area contributed by atoms with Crippen LogP contribution in [0.3, 0.4) is 0 Å². The van der Waals surface area contributed by atoms with Crippen LogP contribution in [0.15, 0.2) is 24.3 Å². The van der Waals surface area contributed by atoms with Crippen LogP contribution in [0, 0.1) is 0 Å². The van der Waals surface area contributed by atoms with Crippen molar-refractivity contribution < 1.29 is 9.90 Å². The van der Waals surface area contributed by atoms with E-state index in [9.17, 15) is 4.79 Å². The second kappa shape index (κ2) is 8.70. The van der Waals surface area contributed by atoms with E-state index in [2.05, 4.69) is 21.7 Å². The molecular weight excluding hydrogens is 298 g/mol. The average Bonchev–Trinajstić information content (AvgIpc) is 2.94. The molecule has 0 aliphatic rings. The number of aryl methyl sites for hydroxylation is 1. The molecule has 1 aromatic carbocycles. The van der Waals surface area contributed by atoms with Gasteiger partial charge >= 0.3 is 6.03 Å². The molecule has 22 heavy (non-hydrogen) atoms. The standard InChI is InChI=1S/C16H23N3O2S/c1-2-12(9-11-20)18-16(21)17-10-5-8-15-19-13-6-3-4-7-14(13)22-15/h3-4,6-7,12,20H,2,5,8-11H2,1H3,(H2,17,18,21). The maximum Gasteiger partial charge on any atom is 0.315 e. The Hall–Kier alpha value is -1.66. The summed E-state index contributed by atoms with van der Waals surface area (Å²) in [7, 11) is 0. The number of thiazole rings is 1. The Morgan fingerprint density at radius 2 is 2.23 bits per heavy atom. The summed E-state index contributed by atoms with van der Waals surface area (Å²) in [4.78, 5) is 16.3. The second-order valence-corrected chi connectivity index (χ2v) is 6.31. The molecular formula is C16H23N3O2S. The fraction of sp³-hybridized carbons (Fsp3) is 0.500. The molecule has 0 aliphatic heterocycles. The van der Waals surface area contributed by atoms with Crippen molar-refractivity contribution in [2.24, 2.45) is 0 Å². The Kier molecular flexibility index (Phi) is 6.61. The molecule has 1 atom stereocenters. The Morgan fingerprint density at radius 3 is 2.95 bits per heavy atom. The first-order valence-electron chi connectivity index (χ1n) is 7.72. The molecule has 6 heteroatoms. The number of amides is 2. The molecule has 1 heterocycles. The van der Waals surface area contributed by atoms with E-state index in [0.29, 0.717) is 13.0 Å². The van der Waals surface area contributed by atoms with Crippen LogP contribution in [-0.2, 0) is 6.42 Å². The fourth-order valence-electron chi connectivity index (χ4n) is 2.24. The van der Waals surface area contributed by atoms with E-state index in [1.54, 1.807) is 11.3 Å². The maximum atomic E-state index is 11.7. The second-order valence-electron chi connectivity index (χ2n) is 5.20. The number of fused-ring (bicyclic) bond motifs is 1. The van der Waals surface area contributed by atoms with E-state index in [-0.39, 0.29) is 18.7 Å². The van der Waals surface area contributed by atoms with Gasteiger partial charge in [-0.2, -0.15) is 0 Å². The molecule has 120 valence electrons. The lowest BCUT2D eigenvalue weighted by molar-refractivity contribution is 0.228. The molecule has 1 unspecified atom stereocenters. The third-order valence-electron chi connectivity index (χ3n) is 3.50. The topological polar surface area (TPSA) is 74.2 Å². The predicted molar refractivity (Wildman–Crippen MR) is 90.3 cm³/mol. The Labute approximate surface area is 134 Å². The molecule has 0 fully saturated rings. The molecule has 0 spiro atoms. The number of nitrogens with zero attached hydrogens (tertiary/aromatic N) is 1. The van der Waals surface area contributed by atoms with Gasteiger partial charge in [-0.3, -0.25) is 0 Å². The van der Waals surface area contributed by atoms with E-state index >= 15 is 0 Å². The van der Waals surface area contributed by atoms with Gasteiger partial charge in [-0.1, -0.05) is 19.1 Å². The molecule has 5 nitrogen and oxygen atoms in total. The minimum Gasteiger partial charge on any atom is -0.396 e. The highest BCUT2D eigenvalue weighted by Crippen LogP contribution is 2.22. The van der Waals surface area contributed by atoms with Gasteiger partial charge in [-0.15, -0.1) is 11.3 Å². The molecule has 1 aromatic heterocycles. The number of urea groups is 1. The third-order valence-corrected chi connectivity index (χ3v) is 4.59. The Balaban J connectivity index is 1.69. The summed E-state index contributed by atoms with van der Waals surface area (Å²) in [5.41, 5.74) is 1.04. The van der Waals surface area contributed by atoms with Crippen LogP contribution < -0.4 is 10.6 Å². The van der Waals surface area contributed by atoms with E-state index in [1.807, 2.05) is 25.1 Å². The summed E-state index contributed by atoms with van der Waals surface area (Å²) in [6, 6.07) is 7.99. The van der Waals surface area contributed by atoms with Crippen molar-refractivity contribution in [3.63, 3.8) is 0 Å². The molecule has 0 saturated heterocycles. The SMILES string of the molecule is CCC(CCO)NC(=O)NCCCc1nc2ccccc2s1. The number of carbonyl (C=O) groups excluding carboxylic acids is 1. The first kappa shape index (κ1) is 16.7. The third kappa shape index (κ3) is 4.96. The number of para-hydroxylation sites is 1. The van der Waals surface area contributed by atoms with Gasteiger partial charge in [0.1, 0.15) is 0 Å². The minimum absolute atomic E-state index is 0.0364. The summed E-state index contributed by atoms with van der Waals surface area (Å²) in [5.74, 6) is 0. The molecule has 0 aliphatic carbocycles. The van der Waals surface area contributed by atoms with Crippen LogP contribution in [0.4, 0.5) is 4.79 Å². The van der Waals surface area contributed by atoms with Crippen molar-refractivity contribution in [1.82, 2.24) is 15.6 Å². The summed E-state index contributed by atoms with van der Waals surface area (Å²) >= 11 is 1.71. The van der Waals surface area contributed by atoms with Gasteiger partial charge in [-0.25, -0.2) is 9.78 Å². The number of aromatic nitrogens is 1. The summed E-state index contributed by atoms with van der Waals surface area (Å²) in [6.07, 6.45) is 3.15. The quantitative estimate of drug-likeness (QED) is 0.654. The molecule has 0 bridgehead atoms. The average molecular weight is 321 g/mol. The van der Waals surface area contributed by atoms with Crippen molar-refractivity contribution in [3.8, 4) is 0 Å². The van der Waals surface area contributed by atoms with Crippen LogP contribution in [0.1, 0.15) is 31.2 Å². The lowest BCUT2D eigenvalue weighted by Gasteiger charge is -2.16. The largest absolute Gasteiger partial charge is 0.396 e. The van der Waals surface area contributed by atoms with Gasteiger partial charge in [-0.05, 0) is 31.4 Å². The summed E-state index contributed by atoms with van der Waals surface area (Å²) in [5, 5.41) is 15.7. The highest BCUT2D eigenvalue weighted by molar-refractivity contribution is 7.18. The number of rotatable bonds is 8. The fourth-order valence-corrected chi connectivity index (χ4v) is 3.25. The molecule has 3 N–H and O–H groups in total. The van der Waals surface area contributed by atoms with Crippen molar-refractivity contribution >= 4 is 27.6 Å². The zero-order chi connectivity index (χ0) is 15.8. The lowest BCUT2D eigenvalue weighted by Crippen LogP contribution is -2.42. The molecule has 2 rings (SSSR count). The van der Waals surface area contributed by atoms with Crippen molar-refractivity contribution in [2.45, 2.75) is 38.6 Å². The highest BCUT2D eigenvalue weighted by Gasteiger charge is 2.09. The van der Waals surface area contributed by atoms with Gasteiger partial charge in [0, 0.05) is 25.6 Å². The number of hydrogen-bond acceptors (Lipinski definition) is 4. The van der Waals surface area contributed by atoms with Crippen molar-refractivity contribution in [2.75, 3.05) is 13.2 Å². The van der Waals surface area contributed by atoms with Crippen molar-refractivity contribution in [3.05, 3.63) is 29.3 Å². The molecule has 0 radical (unpaired) electrons. The maximum absolute atomic E-state index is 11.7. The van der Waals surface area contributed by atoms with E-state index in [0.717, 1.165) is 29.8 Å². The highest BCUT2D eigenvalue weighted by atomic mass is 32.1. The van der Waals surface area contributed by atoms with Gasteiger partial charge in [0.2, 0.25) is 0 Å². The van der Waals surface area contributed by atoms with Gasteiger partial charge < -0.3 is 15.7 Å². The van der Waals surface area contributed by atoms with Crippen LogP contribution in [0.2, 0.25) is 0 Å². The lowest BCUT2D eigenvalue weighted by atomic mass is 10.2. The van der Waals surface area contributed by atoms with Crippen molar-refractivity contribution in [1.29, 1.82) is 0 Å². The van der Waals surface area contributed by atoms with Crippen LogP contribution >= 0.6 is 11.3 Å². The number of hydrogen-bond donors (Lipinski definition) is 3. The number of aliphatic hydroxyl groups excluding tert-OH is 1. The monoisotopic (exact) mass is 321 g/mol. The molecule has 0 saturated carbocycles. The zero-order valence-corrected chi connectivity index (χ0v) is 13.7. The van der Waals surface area contributed by atoms with E-state index < -0.39 is 0 Å². The first-order valence-corrected chi connectivity index (χ1v) is 8.54. The van der Waals surface area contributed by atoms with Gasteiger partial charge in [0.05, 0.1) is 15.2 Å². The van der Waals surface area contributed by atoms with Crippen LogP contribution in [-0.4, -0.2) is 35.3 Å². The number of aliphatic hydroxyl groups is 1. The molecule has 2 amide bonds. The predicted octanol–water partition coefficient (Wildman–Crippen LogP) is 2.69. The summed E-state index contributed by atoms with van der Waals surface area (Å²) < 4.78 is 1.21. The summed E-state index contributed by atoms with van der Waals surface area (Å²) in [6.45, 7) is 2.71. The number of benzene rings is 1.